The van der Waals surface area contributed by atoms with Crippen LogP contribution in [0.2, 0.25) is 0 Å². The number of carbonyl (C=O) groups excluding carboxylic acids is 1. The molecule has 0 spiro atoms. The summed E-state index contributed by atoms with van der Waals surface area (Å²) in [5.74, 6) is -0.265. The third-order valence-electron chi connectivity index (χ3n) is 2.50. The smallest absolute Gasteiger partial charge is 0.311 e. The lowest BCUT2D eigenvalue weighted by Gasteiger charge is -2.16. The lowest BCUT2D eigenvalue weighted by atomic mass is 9.97. The van der Waals surface area contributed by atoms with Gasteiger partial charge in [0.1, 0.15) is 0 Å². The van der Waals surface area contributed by atoms with Crippen LogP contribution >= 0.6 is 0 Å². The van der Waals surface area contributed by atoms with Gasteiger partial charge in [-0.25, -0.2) is 0 Å². The van der Waals surface area contributed by atoms with Gasteiger partial charge in [0, 0.05) is 0 Å². The SMILES string of the molecule is CCOC(=O)[C@@H]1[C@H](C)CC[C@@H]1O. The minimum absolute atomic E-state index is 0.241. The average molecular weight is 172 g/mol. The molecule has 0 aromatic carbocycles. The number of aliphatic hydroxyl groups is 1. The fourth-order valence-electron chi connectivity index (χ4n) is 1.80. The van der Waals surface area contributed by atoms with Crippen LogP contribution in [0.5, 0.6) is 0 Å². The highest BCUT2D eigenvalue weighted by atomic mass is 16.5. The molecule has 3 atom stereocenters. The minimum Gasteiger partial charge on any atom is -0.466 e. The van der Waals surface area contributed by atoms with Crippen molar-refractivity contribution in [3.63, 3.8) is 0 Å². The molecule has 1 N–H and O–H groups in total. The van der Waals surface area contributed by atoms with Crippen LogP contribution in [-0.4, -0.2) is 23.8 Å². The molecule has 0 amide bonds. The van der Waals surface area contributed by atoms with E-state index in [9.17, 15) is 9.90 Å². The Morgan fingerprint density at radius 3 is 2.67 bits per heavy atom. The van der Waals surface area contributed by atoms with Crippen LogP contribution in [0.3, 0.4) is 0 Å². The Labute approximate surface area is 72.7 Å². The number of esters is 1. The first-order chi connectivity index (χ1) is 5.66. The second-order valence-corrected chi connectivity index (χ2v) is 3.40. The average Bonchev–Trinajstić information content (AvgIpc) is 2.32. The van der Waals surface area contributed by atoms with Crippen LogP contribution < -0.4 is 0 Å². The fourth-order valence-corrected chi connectivity index (χ4v) is 1.80. The molecule has 1 aliphatic rings. The Morgan fingerprint density at radius 1 is 1.58 bits per heavy atom. The predicted octanol–water partition coefficient (Wildman–Crippen LogP) is 0.956. The number of hydrogen-bond acceptors (Lipinski definition) is 3. The minimum atomic E-state index is -0.487. The standard InChI is InChI=1S/C9H16O3/c1-3-12-9(11)8-6(2)4-5-7(8)10/h6-8,10H,3-5H2,1-2H3/t6-,7+,8-/m1/s1. The van der Waals surface area contributed by atoms with E-state index in [2.05, 4.69) is 0 Å². The Balaban J connectivity index is 2.53. The van der Waals surface area contributed by atoms with Crippen LogP contribution in [-0.2, 0) is 9.53 Å². The molecule has 1 rings (SSSR count). The molecule has 0 aromatic heterocycles. The Morgan fingerprint density at radius 2 is 2.25 bits per heavy atom. The molecule has 1 saturated carbocycles. The maximum atomic E-state index is 11.3. The van der Waals surface area contributed by atoms with E-state index in [4.69, 9.17) is 4.74 Å². The molecule has 0 heterocycles. The van der Waals surface area contributed by atoms with Crippen LogP contribution in [0.15, 0.2) is 0 Å². The highest BCUT2D eigenvalue weighted by Gasteiger charge is 2.38. The lowest BCUT2D eigenvalue weighted by Crippen LogP contribution is -2.28. The summed E-state index contributed by atoms with van der Waals surface area (Å²) in [4.78, 5) is 11.3. The maximum Gasteiger partial charge on any atom is 0.311 e. The molecule has 1 fully saturated rings. The van der Waals surface area contributed by atoms with Gasteiger partial charge in [0.15, 0.2) is 0 Å². The third-order valence-corrected chi connectivity index (χ3v) is 2.50. The van der Waals surface area contributed by atoms with E-state index in [1.807, 2.05) is 6.92 Å². The highest BCUT2D eigenvalue weighted by Crippen LogP contribution is 2.32. The van der Waals surface area contributed by atoms with Crippen molar-refractivity contribution in [1.82, 2.24) is 0 Å². The van der Waals surface area contributed by atoms with Crippen LogP contribution in [0, 0.1) is 11.8 Å². The van der Waals surface area contributed by atoms with Crippen molar-refractivity contribution in [1.29, 1.82) is 0 Å². The Hall–Kier alpha value is -0.570. The zero-order valence-electron chi connectivity index (χ0n) is 7.62. The summed E-state index contributed by atoms with van der Waals surface area (Å²) in [7, 11) is 0. The van der Waals surface area contributed by atoms with E-state index in [1.54, 1.807) is 6.92 Å². The van der Waals surface area contributed by atoms with E-state index in [0.717, 1.165) is 12.8 Å². The van der Waals surface area contributed by atoms with Crippen molar-refractivity contribution in [2.24, 2.45) is 11.8 Å². The number of ether oxygens (including phenoxy) is 1. The summed E-state index contributed by atoms with van der Waals surface area (Å²) >= 11 is 0. The maximum absolute atomic E-state index is 11.3. The van der Waals surface area contributed by atoms with E-state index in [0.29, 0.717) is 6.61 Å². The van der Waals surface area contributed by atoms with Gasteiger partial charge in [-0.05, 0) is 25.7 Å². The fraction of sp³-hybridized carbons (Fsp3) is 0.889. The monoisotopic (exact) mass is 172 g/mol. The Kier molecular flexibility index (Phi) is 3.09. The summed E-state index contributed by atoms with van der Waals surface area (Å²) in [6, 6.07) is 0. The summed E-state index contributed by atoms with van der Waals surface area (Å²) in [5, 5.41) is 9.46. The van der Waals surface area contributed by atoms with Crippen molar-refractivity contribution in [2.75, 3.05) is 6.61 Å². The van der Waals surface area contributed by atoms with Crippen molar-refractivity contribution in [3.05, 3.63) is 0 Å². The first kappa shape index (κ1) is 9.52. The summed E-state index contributed by atoms with van der Waals surface area (Å²) in [6.45, 7) is 4.16. The second kappa shape index (κ2) is 3.90. The molecule has 0 radical (unpaired) electrons. The van der Waals surface area contributed by atoms with E-state index in [-0.39, 0.29) is 17.8 Å². The predicted molar refractivity (Wildman–Crippen MR) is 44.5 cm³/mol. The van der Waals surface area contributed by atoms with E-state index < -0.39 is 6.10 Å². The molecule has 70 valence electrons. The summed E-state index contributed by atoms with van der Waals surface area (Å²) < 4.78 is 4.87. The molecule has 0 unspecified atom stereocenters. The first-order valence-corrected chi connectivity index (χ1v) is 4.51. The van der Waals surface area contributed by atoms with Crippen molar-refractivity contribution in [3.8, 4) is 0 Å². The van der Waals surface area contributed by atoms with Crippen LogP contribution in [0.1, 0.15) is 26.7 Å². The quantitative estimate of drug-likeness (QED) is 0.631. The molecule has 1 aliphatic carbocycles. The molecule has 0 aromatic rings. The molecule has 3 heteroatoms. The Bertz CT molecular complexity index is 157. The van der Waals surface area contributed by atoms with E-state index >= 15 is 0 Å². The van der Waals surface area contributed by atoms with Gasteiger partial charge in [0.2, 0.25) is 0 Å². The largest absolute Gasteiger partial charge is 0.466 e. The van der Waals surface area contributed by atoms with Gasteiger partial charge in [-0.2, -0.15) is 0 Å². The van der Waals surface area contributed by atoms with E-state index in [1.165, 1.54) is 0 Å². The number of aliphatic hydroxyl groups excluding tert-OH is 1. The molecular formula is C9H16O3. The molecule has 12 heavy (non-hydrogen) atoms. The highest BCUT2D eigenvalue weighted by molar-refractivity contribution is 5.73. The van der Waals surface area contributed by atoms with Crippen molar-refractivity contribution in [2.45, 2.75) is 32.8 Å². The van der Waals surface area contributed by atoms with Gasteiger partial charge in [-0.3, -0.25) is 4.79 Å². The van der Waals surface area contributed by atoms with Gasteiger partial charge in [-0.1, -0.05) is 6.92 Å². The van der Waals surface area contributed by atoms with Crippen LogP contribution in [0.25, 0.3) is 0 Å². The topological polar surface area (TPSA) is 46.5 Å². The van der Waals surface area contributed by atoms with Crippen molar-refractivity contribution < 1.29 is 14.6 Å². The van der Waals surface area contributed by atoms with Gasteiger partial charge >= 0.3 is 5.97 Å². The molecule has 0 aliphatic heterocycles. The van der Waals surface area contributed by atoms with Gasteiger partial charge in [-0.15, -0.1) is 0 Å². The number of hydrogen-bond donors (Lipinski definition) is 1. The first-order valence-electron chi connectivity index (χ1n) is 4.51. The second-order valence-electron chi connectivity index (χ2n) is 3.40. The number of carbonyl (C=O) groups is 1. The normalized spacial score (nSPS) is 35.1. The van der Waals surface area contributed by atoms with Crippen LogP contribution in [0.4, 0.5) is 0 Å². The zero-order valence-corrected chi connectivity index (χ0v) is 7.62. The lowest BCUT2D eigenvalue weighted by molar-refractivity contribution is -0.152. The zero-order chi connectivity index (χ0) is 9.14. The summed E-state index contributed by atoms with van der Waals surface area (Å²) in [5.41, 5.74) is 0. The van der Waals surface area contributed by atoms with Gasteiger partial charge in [0.05, 0.1) is 18.6 Å². The molecule has 3 nitrogen and oxygen atoms in total. The van der Waals surface area contributed by atoms with Crippen molar-refractivity contribution >= 4 is 5.97 Å². The third kappa shape index (κ3) is 1.78. The summed E-state index contributed by atoms with van der Waals surface area (Å²) in [6.07, 6.45) is 1.16. The van der Waals surface area contributed by atoms with Gasteiger partial charge in [0.25, 0.3) is 0 Å². The van der Waals surface area contributed by atoms with Gasteiger partial charge < -0.3 is 9.84 Å². The molecular weight excluding hydrogens is 156 g/mol. The number of rotatable bonds is 2. The molecule has 0 saturated heterocycles. The molecule has 0 bridgehead atoms.